The lowest BCUT2D eigenvalue weighted by Gasteiger charge is -2.35. The molecule has 74 heavy (non-hydrogen) atoms. The second-order valence-electron chi connectivity index (χ2n) is 20.7. The minimum absolute atomic E-state index is 0.0215. The van der Waals surface area contributed by atoms with Crippen LogP contribution in [0.3, 0.4) is 0 Å². The van der Waals surface area contributed by atoms with Crippen molar-refractivity contribution in [1.82, 2.24) is 13.7 Å². The fraction of sp³-hybridized carbons (Fsp3) is 0. The van der Waals surface area contributed by atoms with Gasteiger partial charge >= 0.3 is 0 Å². The molecule has 5 nitrogen and oxygen atoms in total. The molecule has 15 aromatic rings. The topological polar surface area (TPSA) is 27.3 Å². The lowest BCUT2D eigenvalue weighted by atomic mass is 9.34. The molecule has 0 fully saturated rings. The first kappa shape index (κ1) is 38.4. The van der Waals surface area contributed by atoms with Gasteiger partial charge in [-0.15, -0.1) is 11.3 Å². The van der Waals surface area contributed by atoms with Crippen molar-refractivity contribution in [3.8, 4) is 28.6 Å². The van der Waals surface area contributed by atoms with Gasteiger partial charge in [0.1, 0.15) is 11.5 Å². The van der Waals surface area contributed by atoms with E-state index in [2.05, 4.69) is 237 Å². The molecule has 0 amide bonds. The van der Waals surface area contributed by atoms with E-state index in [0.717, 1.165) is 28.6 Å². The number of para-hydroxylation sites is 6. The summed E-state index contributed by atoms with van der Waals surface area (Å²) >= 11 is 1.85. The van der Waals surface area contributed by atoms with Gasteiger partial charge in [-0.05, 0) is 112 Å². The molecule has 0 saturated carbocycles. The minimum Gasteiger partial charge on any atom is -0.458 e. The van der Waals surface area contributed by atoms with Gasteiger partial charge in [-0.2, -0.15) is 0 Å². The number of rotatable bonds is 3. The molecule has 0 radical (unpaired) electrons. The normalized spacial score (nSPS) is 13.5. The highest BCUT2D eigenvalue weighted by atomic mass is 32.1. The van der Waals surface area contributed by atoms with Crippen molar-refractivity contribution >= 4 is 160 Å². The maximum atomic E-state index is 7.02. The van der Waals surface area contributed by atoms with Gasteiger partial charge in [-0.25, -0.2) is 0 Å². The van der Waals surface area contributed by atoms with Gasteiger partial charge < -0.3 is 23.3 Å². The van der Waals surface area contributed by atoms with Crippen LogP contribution in [0.1, 0.15) is 0 Å². The van der Waals surface area contributed by atoms with Gasteiger partial charge in [0.15, 0.2) is 0 Å². The van der Waals surface area contributed by atoms with Crippen LogP contribution in [0.2, 0.25) is 0 Å². The molecule has 11 aromatic carbocycles. The highest BCUT2D eigenvalue weighted by molar-refractivity contribution is 7.26. The highest BCUT2D eigenvalue weighted by Gasteiger charge is 2.43. The Kier molecular flexibility index (Phi) is 6.98. The summed E-state index contributed by atoms with van der Waals surface area (Å²) in [6.07, 6.45) is 0. The van der Waals surface area contributed by atoms with Crippen LogP contribution in [0.4, 0.5) is 17.1 Å². The van der Waals surface area contributed by atoms with Crippen LogP contribution < -0.4 is 42.4 Å². The molecule has 4 aliphatic rings. The van der Waals surface area contributed by atoms with Crippen LogP contribution in [-0.2, 0) is 0 Å². The Hall–Kier alpha value is -9.23. The number of benzene rings is 11. The third-order valence-electron chi connectivity index (χ3n) is 17.2. The Morgan fingerprint density at radius 2 is 0.865 bits per heavy atom. The van der Waals surface area contributed by atoms with Crippen LogP contribution in [-0.4, -0.2) is 27.1 Å². The number of anilines is 3. The van der Waals surface area contributed by atoms with E-state index >= 15 is 0 Å². The Labute approximate surface area is 428 Å². The Bertz CT molecular complexity index is 5050. The average molecular weight is 955 g/mol. The SMILES string of the molecule is c1ccc(N(c2ccccc2)c2cc3c4c(c2)-n2c5cc6c(cc5c5cccc(c52)B4c2cccc4c5ccccc5n-3c24)c2cccc3c2n6-c2cccc4c2B3c2cc3c(cc2O4)sc2ccccc23)cc1. The number of thiophene rings is 1. The van der Waals surface area contributed by atoms with Gasteiger partial charge in [0.25, 0.3) is 13.4 Å². The van der Waals surface area contributed by atoms with Crippen molar-refractivity contribution in [2.75, 3.05) is 4.90 Å². The molecular formula is C66H36B2N4OS. The molecule has 0 unspecified atom stereocenters. The summed E-state index contributed by atoms with van der Waals surface area (Å²) in [5.74, 6) is 1.89. The molecule has 4 aromatic heterocycles. The lowest BCUT2D eigenvalue weighted by Crippen LogP contribution is -2.59. The number of aromatic nitrogens is 3. The summed E-state index contributed by atoms with van der Waals surface area (Å²) in [5.41, 5.74) is 22.2. The predicted molar refractivity (Wildman–Crippen MR) is 313 cm³/mol. The molecule has 338 valence electrons. The van der Waals surface area contributed by atoms with E-state index in [0.29, 0.717) is 0 Å². The van der Waals surface area contributed by atoms with Crippen LogP contribution in [0, 0.1) is 0 Å². The second-order valence-corrected chi connectivity index (χ2v) is 21.8. The van der Waals surface area contributed by atoms with Crippen molar-refractivity contribution in [3.05, 3.63) is 218 Å². The van der Waals surface area contributed by atoms with Crippen molar-refractivity contribution in [2.24, 2.45) is 0 Å². The molecule has 19 rings (SSSR count). The Morgan fingerprint density at radius 3 is 1.54 bits per heavy atom. The summed E-state index contributed by atoms with van der Waals surface area (Å²) < 4.78 is 17.4. The van der Waals surface area contributed by atoms with Crippen LogP contribution in [0.25, 0.3) is 103 Å². The lowest BCUT2D eigenvalue weighted by molar-refractivity contribution is 0.488. The quantitative estimate of drug-likeness (QED) is 0.165. The van der Waals surface area contributed by atoms with E-state index in [1.807, 2.05) is 11.3 Å². The van der Waals surface area contributed by atoms with Gasteiger partial charge in [-0.3, -0.25) is 0 Å². The maximum Gasteiger partial charge on any atom is 0.256 e. The summed E-state index contributed by atoms with van der Waals surface area (Å²) in [7, 11) is 0. The smallest absolute Gasteiger partial charge is 0.256 e. The van der Waals surface area contributed by atoms with E-state index in [1.54, 1.807) is 0 Å². The summed E-state index contributed by atoms with van der Waals surface area (Å²) in [6.45, 7) is 0.0476. The largest absolute Gasteiger partial charge is 0.458 e. The number of hydrogen-bond acceptors (Lipinski definition) is 3. The fourth-order valence-corrected chi connectivity index (χ4v) is 15.6. The van der Waals surface area contributed by atoms with Crippen molar-refractivity contribution in [1.29, 1.82) is 0 Å². The number of hydrogen-bond donors (Lipinski definition) is 0. The van der Waals surface area contributed by atoms with Gasteiger partial charge in [0, 0.05) is 97.5 Å². The number of fused-ring (bicyclic) bond motifs is 20. The zero-order chi connectivity index (χ0) is 47.7. The molecule has 0 bridgehead atoms. The van der Waals surface area contributed by atoms with Crippen molar-refractivity contribution < 1.29 is 4.74 Å². The monoisotopic (exact) mass is 954 g/mol. The summed E-state index contributed by atoms with van der Waals surface area (Å²) in [6, 6.07) is 82.0. The molecule has 0 N–H and O–H groups in total. The Morgan fingerprint density at radius 1 is 0.324 bits per heavy atom. The van der Waals surface area contributed by atoms with Gasteiger partial charge in [0.2, 0.25) is 0 Å². The van der Waals surface area contributed by atoms with Crippen molar-refractivity contribution in [3.63, 3.8) is 0 Å². The van der Waals surface area contributed by atoms with E-state index in [9.17, 15) is 0 Å². The molecule has 0 aliphatic carbocycles. The molecule has 0 atom stereocenters. The molecule has 8 heterocycles. The van der Waals surface area contributed by atoms with Crippen molar-refractivity contribution in [2.45, 2.75) is 0 Å². The number of nitrogens with zero attached hydrogens (tertiary/aromatic N) is 4. The third-order valence-corrected chi connectivity index (χ3v) is 18.3. The fourth-order valence-electron chi connectivity index (χ4n) is 14.4. The minimum atomic E-state index is 0.0215. The summed E-state index contributed by atoms with van der Waals surface area (Å²) in [4.78, 5) is 2.43. The molecular weight excluding hydrogens is 918 g/mol. The molecule has 0 spiro atoms. The van der Waals surface area contributed by atoms with E-state index in [1.165, 1.54) is 135 Å². The number of ether oxygens (including phenoxy) is 1. The van der Waals surface area contributed by atoms with E-state index in [4.69, 9.17) is 4.74 Å². The van der Waals surface area contributed by atoms with Gasteiger partial charge in [0.05, 0.1) is 22.2 Å². The van der Waals surface area contributed by atoms with Crippen LogP contribution >= 0.6 is 11.3 Å². The highest BCUT2D eigenvalue weighted by Crippen LogP contribution is 2.46. The Balaban J connectivity index is 0.937. The average Bonchev–Trinajstić information content (AvgIpc) is 4.20. The molecule has 4 aliphatic heterocycles. The van der Waals surface area contributed by atoms with Crippen LogP contribution in [0.15, 0.2) is 218 Å². The molecule has 8 heteroatoms. The molecule has 0 saturated heterocycles. The van der Waals surface area contributed by atoms with E-state index in [-0.39, 0.29) is 13.4 Å². The maximum absolute atomic E-state index is 7.02. The first-order chi connectivity index (χ1) is 36.7. The second kappa shape index (κ2) is 13.4. The zero-order valence-corrected chi connectivity index (χ0v) is 40.4. The van der Waals surface area contributed by atoms with Gasteiger partial charge in [-0.1, -0.05) is 140 Å². The van der Waals surface area contributed by atoms with Crippen LogP contribution in [0.5, 0.6) is 11.5 Å². The zero-order valence-electron chi connectivity index (χ0n) is 39.5. The first-order valence-corrected chi connectivity index (χ1v) is 26.5. The predicted octanol–water partition coefficient (Wildman–Crippen LogP) is 12.9. The summed E-state index contributed by atoms with van der Waals surface area (Å²) in [5, 5.41) is 10.2. The standard InChI is InChI=1S/C66H36B2N4OS/c1-3-15-37(16-4-1)69(38-17-5-2-6-18-38)39-31-56-62-57(32-39)72-55-35-54-45(33-46(55)44-23-12-25-49(66(44)72)67(62)48-24-11-21-42-40-19-7-9-27-52(40)70(56)64(42)48)43-22-13-26-50-65(43)71(54)53-28-14-29-58-63(53)68(50)51-34-47-41-20-8-10-30-60(41)74-61(47)36-59(51)73-58/h1-36H. The van der Waals surface area contributed by atoms with E-state index < -0.39 is 0 Å². The first-order valence-electron chi connectivity index (χ1n) is 25.6. The third kappa shape index (κ3) is 4.58.